The van der Waals surface area contributed by atoms with Crippen LogP contribution in [0.15, 0.2) is 48.5 Å². The van der Waals surface area contributed by atoms with Gasteiger partial charge in [0.25, 0.3) is 5.91 Å². The molecule has 3 aromatic rings. The van der Waals surface area contributed by atoms with E-state index in [4.69, 9.17) is 0 Å². The molecule has 0 aliphatic carbocycles. The zero-order valence-corrected chi connectivity index (χ0v) is 16.5. The van der Waals surface area contributed by atoms with Crippen molar-refractivity contribution in [2.24, 2.45) is 0 Å². The molecular weight excluding hydrogens is 340 g/mol. The Kier molecular flexibility index (Phi) is 6.07. The second-order valence-electron chi connectivity index (χ2n) is 6.98. The number of hydrogen-bond acceptors (Lipinski definition) is 3. The highest BCUT2D eigenvalue weighted by atomic mass is 32.1. The van der Waals surface area contributed by atoms with Gasteiger partial charge in [0.1, 0.15) is 0 Å². The molecule has 0 spiro atoms. The Morgan fingerprint density at radius 2 is 1.81 bits per heavy atom. The van der Waals surface area contributed by atoms with Gasteiger partial charge in [0.2, 0.25) is 0 Å². The first-order chi connectivity index (χ1) is 12.5. The highest BCUT2D eigenvalue weighted by molar-refractivity contribution is 7.21. The third-order valence-corrected chi connectivity index (χ3v) is 5.69. The Hall–Kier alpha value is -2.17. The number of benzene rings is 2. The Balaban J connectivity index is 1.84. The van der Waals surface area contributed by atoms with Gasteiger partial charge in [0.05, 0.1) is 4.88 Å². The van der Waals surface area contributed by atoms with Crippen LogP contribution in [-0.2, 0) is 6.42 Å². The third kappa shape index (κ3) is 4.51. The van der Waals surface area contributed by atoms with Crippen LogP contribution in [0.2, 0.25) is 0 Å². The molecule has 0 saturated heterocycles. The predicted molar refractivity (Wildman–Crippen MR) is 111 cm³/mol. The lowest BCUT2D eigenvalue weighted by atomic mass is 10.0. The number of nitrogens with one attached hydrogen (secondary N) is 1. The predicted octanol–water partition coefficient (Wildman–Crippen LogP) is 4.48. The minimum atomic E-state index is 0.0482. The molecule has 1 N–H and O–H groups in total. The molecule has 1 amide bonds. The van der Waals surface area contributed by atoms with Crippen molar-refractivity contribution in [2.45, 2.75) is 19.8 Å². The summed E-state index contributed by atoms with van der Waals surface area (Å²) in [4.78, 5) is 15.8. The molecule has 0 aliphatic heterocycles. The first-order valence-corrected chi connectivity index (χ1v) is 9.85. The summed E-state index contributed by atoms with van der Waals surface area (Å²) in [6.07, 6.45) is 1.74. The fourth-order valence-electron chi connectivity index (χ4n) is 3.05. The van der Waals surface area contributed by atoms with E-state index >= 15 is 0 Å². The Labute approximate surface area is 159 Å². The number of aryl methyl sites for hydroxylation is 1. The van der Waals surface area contributed by atoms with Crippen LogP contribution in [-0.4, -0.2) is 38.0 Å². The molecule has 136 valence electrons. The minimum absolute atomic E-state index is 0.0482. The van der Waals surface area contributed by atoms with Gasteiger partial charge in [-0.05, 0) is 63.0 Å². The zero-order chi connectivity index (χ0) is 18.5. The van der Waals surface area contributed by atoms with Gasteiger partial charge >= 0.3 is 0 Å². The molecule has 26 heavy (non-hydrogen) atoms. The van der Waals surface area contributed by atoms with E-state index < -0.39 is 0 Å². The van der Waals surface area contributed by atoms with Crippen molar-refractivity contribution in [1.29, 1.82) is 0 Å². The SMILES string of the molecule is Cc1ccc(Cc2c(C(=O)NCCCN(C)C)sc3ccccc23)cc1. The third-order valence-electron chi connectivity index (χ3n) is 4.47. The highest BCUT2D eigenvalue weighted by Gasteiger charge is 2.18. The summed E-state index contributed by atoms with van der Waals surface area (Å²) >= 11 is 1.60. The van der Waals surface area contributed by atoms with E-state index in [1.807, 2.05) is 26.2 Å². The summed E-state index contributed by atoms with van der Waals surface area (Å²) in [5, 5.41) is 4.29. The number of fused-ring (bicyclic) bond motifs is 1. The van der Waals surface area contributed by atoms with Gasteiger partial charge in [0, 0.05) is 11.2 Å². The van der Waals surface area contributed by atoms with E-state index in [0.29, 0.717) is 6.54 Å². The number of rotatable bonds is 7. The molecule has 3 rings (SSSR count). The van der Waals surface area contributed by atoms with Gasteiger partial charge in [-0.15, -0.1) is 11.3 Å². The lowest BCUT2D eigenvalue weighted by Gasteiger charge is -2.10. The van der Waals surface area contributed by atoms with Crippen LogP contribution < -0.4 is 5.32 Å². The van der Waals surface area contributed by atoms with Crippen LogP contribution in [0.3, 0.4) is 0 Å². The summed E-state index contributed by atoms with van der Waals surface area (Å²) < 4.78 is 1.17. The largest absolute Gasteiger partial charge is 0.351 e. The quantitative estimate of drug-likeness (QED) is 0.625. The first kappa shape index (κ1) is 18.6. The van der Waals surface area contributed by atoms with E-state index in [9.17, 15) is 4.79 Å². The van der Waals surface area contributed by atoms with E-state index in [1.54, 1.807) is 11.3 Å². The number of carbonyl (C=O) groups is 1. The summed E-state index contributed by atoms with van der Waals surface area (Å²) in [6.45, 7) is 3.77. The maximum absolute atomic E-state index is 12.8. The molecule has 3 nitrogen and oxygen atoms in total. The van der Waals surface area contributed by atoms with Crippen LogP contribution in [0.5, 0.6) is 0 Å². The Bertz CT molecular complexity index is 881. The van der Waals surface area contributed by atoms with Gasteiger partial charge in [-0.25, -0.2) is 0 Å². The summed E-state index contributed by atoms with van der Waals surface area (Å²) in [5.74, 6) is 0.0482. The van der Waals surface area contributed by atoms with Crippen molar-refractivity contribution in [3.8, 4) is 0 Å². The molecule has 0 atom stereocenters. The first-order valence-electron chi connectivity index (χ1n) is 9.03. The Morgan fingerprint density at radius 3 is 2.54 bits per heavy atom. The molecule has 0 saturated carbocycles. The van der Waals surface area contributed by atoms with Gasteiger partial charge in [-0.3, -0.25) is 4.79 Å². The van der Waals surface area contributed by atoms with Gasteiger partial charge < -0.3 is 10.2 Å². The molecule has 2 aromatic carbocycles. The number of thiophene rings is 1. The smallest absolute Gasteiger partial charge is 0.261 e. The normalized spacial score (nSPS) is 11.2. The van der Waals surface area contributed by atoms with Crippen molar-refractivity contribution < 1.29 is 4.79 Å². The van der Waals surface area contributed by atoms with Crippen molar-refractivity contribution in [3.63, 3.8) is 0 Å². The second-order valence-corrected chi connectivity index (χ2v) is 8.03. The molecule has 0 bridgehead atoms. The van der Waals surface area contributed by atoms with Crippen molar-refractivity contribution in [1.82, 2.24) is 10.2 Å². The van der Waals surface area contributed by atoms with Gasteiger partial charge in [0.15, 0.2) is 0 Å². The molecule has 1 aromatic heterocycles. The van der Waals surface area contributed by atoms with Crippen LogP contribution in [0, 0.1) is 6.92 Å². The number of amides is 1. The number of hydrogen-bond donors (Lipinski definition) is 1. The van der Waals surface area contributed by atoms with E-state index in [-0.39, 0.29) is 5.91 Å². The van der Waals surface area contributed by atoms with Crippen LogP contribution in [0.4, 0.5) is 0 Å². The molecule has 0 radical (unpaired) electrons. The van der Waals surface area contributed by atoms with Gasteiger partial charge in [-0.2, -0.15) is 0 Å². The van der Waals surface area contributed by atoms with Crippen molar-refractivity contribution in [2.75, 3.05) is 27.2 Å². The molecular formula is C22H26N2OS. The summed E-state index contributed by atoms with van der Waals surface area (Å²) in [6, 6.07) is 16.9. The molecule has 1 heterocycles. The monoisotopic (exact) mass is 366 g/mol. The zero-order valence-electron chi connectivity index (χ0n) is 15.7. The van der Waals surface area contributed by atoms with Gasteiger partial charge in [-0.1, -0.05) is 48.0 Å². The van der Waals surface area contributed by atoms with Crippen molar-refractivity contribution >= 4 is 27.3 Å². The highest BCUT2D eigenvalue weighted by Crippen LogP contribution is 2.33. The lowest BCUT2D eigenvalue weighted by Crippen LogP contribution is -2.27. The van der Waals surface area contributed by atoms with E-state index in [1.165, 1.54) is 21.2 Å². The maximum Gasteiger partial charge on any atom is 0.261 e. The minimum Gasteiger partial charge on any atom is -0.351 e. The summed E-state index contributed by atoms with van der Waals surface area (Å²) in [7, 11) is 4.10. The standard InChI is InChI=1S/C22H26N2OS/c1-16-9-11-17(12-10-16)15-19-18-7-4-5-8-20(18)26-21(19)22(25)23-13-6-14-24(2)3/h4-5,7-12H,6,13-15H2,1-3H3,(H,23,25). The van der Waals surface area contributed by atoms with Crippen molar-refractivity contribution in [3.05, 3.63) is 70.1 Å². The summed E-state index contributed by atoms with van der Waals surface area (Å²) in [5.41, 5.74) is 3.63. The Morgan fingerprint density at radius 1 is 1.08 bits per heavy atom. The molecule has 0 fully saturated rings. The van der Waals surface area contributed by atoms with Crippen LogP contribution in [0.25, 0.3) is 10.1 Å². The molecule has 0 unspecified atom stereocenters. The van der Waals surface area contributed by atoms with E-state index in [0.717, 1.165) is 29.8 Å². The molecule has 0 aliphatic rings. The lowest BCUT2D eigenvalue weighted by molar-refractivity contribution is 0.0955. The maximum atomic E-state index is 12.8. The van der Waals surface area contributed by atoms with Crippen LogP contribution in [0.1, 0.15) is 32.8 Å². The fraction of sp³-hybridized carbons (Fsp3) is 0.318. The average molecular weight is 367 g/mol. The second kappa shape index (κ2) is 8.47. The number of nitrogens with zero attached hydrogens (tertiary/aromatic N) is 1. The number of carbonyl (C=O) groups excluding carboxylic acids is 1. The molecule has 4 heteroatoms. The van der Waals surface area contributed by atoms with E-state index in [2.05, 4.69) is 53.5 Å². The average Bonchev–Trinajstić information content (AvgIpc) is 2.99. The van der Waals surface area contributed by atoms with Crippen LogP contribution >= 0.6 is 11.3 Å². The topological polar surface area (TPSA) is 32.3 Å². The fourth-order valence-corrected chi connectivity index (χ4v) is 4.18.